The molecule has 0 unspecified atom stereocenters. The van der Waals surface area contributed by atoms with Crippen LogP contribution in [0.5, 0.6) is 0 Å². The summed E-state index contributed by atoms with van der Waals surface area (Å²) in [5.74, 6) is 1.24. The molecule has 2 nitrogen and oxygen atoms in total. The molecule has 0 aromatic rings. The summed E-state index contributed by atoms with van der Waals surface area (Å²) in [5.41, 5.74) is 0.673. The van der Waals surface area contributed by atoms with Crippen LogP contribution < -0.4 is 0 Å². The smallest absolute Gasteiger partial charge is 0.0983 e. The van der Waals surface area contributed by atoms with Crippen LogP contribution in [0.2, 0.25) is 0 Å². The molecule has 1 saturated heterocycles. The number of nitrogens with zero attached hydrogens (tertiary/aromatic N) is 1. The van der Waals surface area contributed by atoms with Gasteiger partial charge in [-0.1, -0.05) is 33.1 Å². The Morgan fingerprint density at radius 2 is 1.56 bits per heavy atom. The summed E-state index contributed by atoms with van der Waals surface area (Å²) >= 11 is 0. The van der Waals surface area contributed by atoms with E-state index in [0.29, 0.717) is 11.3 Å². The Labute approximate surface area is 99.9 Å². The van der Waals surface area contributed by atoms with Crippen molar-refractivity contribution in [2.45, 2.75) is 58.8 Å². The van der Waals surface area contributed by atoms with Crippen molar-refractivity contribution in [3.8, 4) is 0 Å². The van der Waals surface area contributed by atoms with E-state index in [-0.39, 0.29) is 0 Å². The minimum atomic E-state index is 0.389. The van der Waals surface area contributed by atoms with Gasteiger partial charge in [-0.3, -0.25) is 5.41 Å². The molecule has 0 bridgehead atoms. The molecule has 1 saturated carbocycles. The summed E-state index contributed by atoms with van der Waals surface area (Å²) in [5, 5.41) is 8.07. The van der Waals surface area contributed by atoms with E-state index < -0.39 is 0 Å². The third kappa shape index (κ3) is 2.41. The van der Waals surface area contributed by atoms with Crippen molar-refractivity contribution in [3.63, 3.8) is 0 Å². The second-order valence-electron chi connectivity index (χ2n) is 6.09. The van der Waals surface area contributed by atoms with Crippen molar-refractivity contribution in [3.05, 3.63) is 0 Å². The normalized spacial score (nSPS) is 25.1. The average molecular weight is 222 g/mol. The highest BCUT2D eigenvalue weighted by Crippen LogP contribution is 2.44. The molecular weight excluding hydrogens is 196 g/mol. The first-order chi connectivity index (χ1) is 7.63. The van der Waals surface area contributed by atoms with Crippen molar-refractivity contribution in [1.82, 2.24) is 4.90 Å². The number of rotatable bonds is 1. The molecule has 1 heterocycles. The van der Waals surface area contributed by atoms with Crippen LogP contribution in [0.4, 0.5) is 0 Å². The highest BCUT2D eigenvalue weighted by atomic mass is 15.2. The molecule has 0 aromatic heterocycles. The molecule has 2 fully saturated rings. The van der Waals surface area contributed by atoms with E-state index in [2.05, 4.69) is 18.7 Å². The molecule has 1 aliphatic carbocycles. The highest BCUT2D eigenvalue weighted by Gasteiger charge is 2.36. The average Bonchev–Trinajstić information content (AvgIpc) is 2.30. The fourth-order valence-electron chi connectivity index (χ4n) is 3.39. The van der Waals surface area contributed by atoms with Gasteiger partial charge in [-0.15, -0.1) is 0 Å². The molecule has 1 N–H and O–H groups in total. The van der Waals surface area contributed by atoms with Gasteiger partial charge >= 0.3 is 0 Å². The molecule has 0 radical (unpaired) electrons. The molecule has 2 aliphatic rings. The number of hydrogen-bond donors (Lipinski definition) is 1. The van der Waals surface area contributed by atoms with Crippen LogP contribution in [0.15, 0.2) is 0 Å². The zero-order chi connectivity index (χ0) is 11.6. The van der Waals surface area contributed by atoms with Crippen molar-refractivity contribution in [2.75, 3.05) is 13.1 Å². The Morgan fingerprint density at radius 1 is 1.00 bits per heavy atom. The molecule has 1 aliphatic heterocycles. The number of nitrogens with one attached hydrogen (secondary N) is 1. The van der Waals surface area contributed by atoms with E-state index in [9.17, 15) is 0 Å². The van der Waals surface area contributed by atoms with Gasteiger partial charge in [-0.05, 0) is 31.1 Å². The molecule has 1 spiro atoms. The minimum absolute atomic E-state index is 0.389. The van der Waals surface area contributed by atoms with Gasteiger partial charge in [0.25, 0.3) is 0 Å². The van der Waals surface area contributed by atoms with Gasteiger partial charge in [0, 0.05) is 19.0 Å². The molecule has 0 aromatic carbocycles. The van der Waals surface area contributed by atoms with Gasteiger partial charge in [-0.25, -0.2) is 0 Å². The Balaban J connectivity index is 1.88. The Hall–Kier alpha value is -0.530. The van der Waals surface area contributed by atoms with Crippen LogP contribution in [0.3, 0.4) is 0 Å². The van der Waals surface area contributed by atoms with Crippen LogP contribution >= 0.6 is 0 Å². The quantitative estimate of drug-likeness (QED) is 0.532. The first kappa shape index (κ1) is 11.9. The van der Waals surface area contributed by atoms with Crippen LogP contribution in [0.1, 0.15) is 58.8 Å². The van der Waals surface area contributed by atoms with Crippen LogP contribution in [-0.2, 0) is 0 Å². The molecule has 16 heavy (non-hydrogen) atoms. The van der Waals surface area contributed by atoms with Gasteiger partial charge < -0.3 is 4.90 Å². The van der Waals surface area contributed by atoms with Crippen molar-refractivity contribution < 1.29 is 0 Å². The first-order valence-electron chi connectivity index (χ1n) is 6.96. The predicted molar refractivity (Wildman–Crippen MR) is 68.9 cm³/mol. The lowest BCUT2D eigenvalue weighted by Gasteiger charge is -2.45. The molecular formula is C14H26N2. The maximum Gasteiger partial charge on any atom is 0.0983 e. The summed E-state index contributed by atoms with van der Waals surface area (Å²) in [7, 11) is 0. The highest BCUT2D eigenvalue weighted by molar-refractivity contribution is 5.81. The topological polar surface area (TPSA) is 27.1 Å². The van der Waals surface area contributed by atoms with Gasteiger partial charge in [0.1, 0.15) is 0 Å². The van der Waals surface area contributed by atoms with Crippen LogP contribution in [0.25, 0.3) is 0 Å². The second kappa shape index (κ2) is 4.77. The van der Waals surface area contributed by atoms with E-state index in [1.165, 1.54) is 44.9 Å². The zero-order valence-electron chi connectivity index (χ0n) is 10.9. The third-order valence-corrected chi connectivity index (χ3v) is 4.63. The number of amidine groups is 1. The monoisotopic (exact) mass is 222 g/mol. The second-order valence-corrected chi connectivity index (χ2v) is 6.09. The summed E-state index contributed by atoms with van der Waals surface area (Å²) < 4.78 is 0. The molecule has 2 rings (SSSR count). The van der Waals surface area contributed by atoms with E-state index in [1.54, 1.807) is 0 Å². The van der Waals surface area contributed by atoms with Crippen molar-refractivity contribution in [2.24, 2.45) is 11.3 Å². The lowest BCUT2D eigenvalue weighted by molar-refractivity contribution is 0.0957. The zero-order valence-corrected chi connectivity index (χ0v) is 10.9. The molecule has 0 amide bonds. The van der Waals surface area contributed by atoms with E-state index >= 15 is 0 Å². The summed E-state index contributed by atoms with van der Waals surface area (Å²) in [6.07, 6.45) is 9.92. The Kier molecular flexibility index (Phi) is 3.56. The van der Waals surface area contributed by atoms with E-state index in [0.717, 1.165) is 18.9 Å². The van der Waals surface area contributed by atoms with Gasteiger partial charge in [0.2, 0.25) is 0 Å². The Bertz CT molecular complexity index is 241. The predicted octanol–water partition coefficient (Wildman–Crippen LogP) is 3.67. The summed E-state index contributed by atoms with van der Waals surface area (Å²) in [6.45, 7) is 6.54. The molecule has 2 heteroatoms. The third-order valence-electron chi connectivity index (χ3n) is 4.63. The fraction of sp³-hybridized carbons (Fsp3) is 0.929. The lowest BCUT2D eigenvalue weighted by Crippen LogP contribution is -2.45. The molecule has 0 atom stereocenters. The van der Waals surface area contributed by atoms with Gasteiger partial charge in [0.15, 0.2) is 0 Å². The first-order valence-corrected chi connectivity index (χ1v) is 6.96. The SMILES string of the molecule is CC(C)C(=N)N1CCC2(CCCCC2)CC1. The van der Waals surface area contributed by atoms with E-state index in [4.69, 9.17) is 5.41 Å². The lowest BCUT2D eigenvalue weighted by atomic mass is 9.68. The standard InChI is InChI=1S/C14H26N2/c1-12(2)13(15)16-10-8-14(9-11-16)6-4-3-5-7-14/h12,15H,3-11H2,1-2H3. The fourth-order valence-corrected chi connectivity index (χ4v) is 3.39. The van der Waals surface area contributed by atoms with Crippen molar-refractivity contribution >= 4 is 5.84 Å². The molecule has 92 valence electrons. The number of hydrogen-bond acceptors (Lipinski definition) is 1. The number of piperidine rings is 1. The van der Waals surface area contributed by atoms with Crippen LogP contribution in [0, 0.1) is 16.7 Å². The minimum Gasteiger partial charge on any atom is -0.360 e. The maximum atomic E-state index is 8.07. The maximum absolute atomic E-state index is 8.07. The van der Waals surface area contributed by atoms with Gasteiger partial charge in [-0.2, -0.15) is 0 Å². The van der Waals surface area contributed by atoms with Gasteiger partial charge in [0.05, 0.1) is 5.84 Å². The Morgan fingerprint density at radius 3 is 2.06 bits per heavy atom. The van der Waals surface area contributed by atoms with Crippen LogP contribution in [-0.4, -0.2) is 23.8 Å². The van der Waals surface area contributed by atoms with Crippen molar-refractivity contribution in [1.29, 1.82) is 5.41 Å². The van der Waals surface area contributed by atoms with E-state index in [1.807, 2.05) is 0 Å². The summed E-state index contributed by atoms with van der Waals surface area (Å²) in [6, 6.07) is 0. The summed E-state index contributed by atoms with van der Waals surface area (Å²) in [4.78, 5) is 2.31. The largest absolute Gasteiger partial charge is 0.360 e. The number of likely N-dealkylation sites (tertiary alicyclic amines) is 1.